The van der Waals surface area contributed by atoms with E-state index in [1.54, 1.807) is 23.5 Å². The second-order valence-corrected chi connectivity index (χ2v) is 5.45. The number of benzene rings is 1. The first-order valence-electron chi connectivity index (χ1n) is 6.38. The molecule has 1 unspecified atom stereocenters. The van der Waals surface area contributed by atoms with Gasteiger partial charge in [-0.3, -0.25) is 0 Å². The van der Waals surface area contributed by atoms with Crippen LogP contribution in [0, 0.1) is 0 Å². The Morgan fingerprint density at radius 3 is 2.30 bits per heavy atom. The summed E-state index contributed by atoms with van der Waals surface area (Å²) in [4.78, 5) is 1.16. The first-order valence-corrected chi connectivity index (χ1v) is 7.26. The third kappa shape index (κ3) is 3.04. The Labute approximate surface area is 120 Å². The van der Waals surface area contributed by atoms with Crippen molar-refractivity contribution < 1.29 is 13.2 Å². The first kappa shape index (κ1) is 15.1. The summed E-state index contributed by atoms with van der Waals surface area (Å²) in [6.45, 7) is 2.07. The van der Waals surface area contributed by atoms with Gasteiger partial charge in [-0.05, 0) is 48.2 Å². The highest BCUT2D eigenvalue weighted by Crippen LogP contribution is 2.33. The normalized spacial score (nSPS) is 13.4. The fraction of sp³-hybridized carbons (Fsp3) is 0.333. The number of alkyl halides is 3. The van der Waals surface area contributed by atoms with Gasteiger partial charge in [0, 0.05) is 4.88 Å². The molecule has 1 aromatic heterocycles. The molecule has 108 valence electrons. The van der Waals surface area contributed by atoms with Crippen molar-refractivity contribution >= 4 is 11.3 Å². The van der Waals surface area contributed by atoms with Crippen molar-refractivity contribution in [3.8, 4) is 0 Å². The van der Waals surface area contributed by atoms with E-state index in [-0.39, 0.29) is 6.04 Å². The SMILES string of the molecule is CCc1ccsc1C(NC)c1ccc(C(F)(F)F)cc1. The van der Waals surface area contributed by atoms with Crippen LogP contribution in [0.3, 0.4) is 0 Å². The van der Waals surface area contributed by atoms with Crippen molar-refractivity contribution in [1.82, 2.24) is 5.32 Å². The Morgan fingerprint density at radius 2 is 1.80 bits per heavy atom. The van der Waals surface area contributed by atoms with Gasteiger partial charge in [-0.1, -0.05) is 19.1 Å². The third-order valence-corrected chi connectivity index (χ3v) is 4.31. The summed E-state index contributed by atoms with van der Waals surface area (Å²) in [5, 5.41) is 5.20. The van der Waals surface area contributed by atoms with Gasteiger partial charge >= 0.3 is 6.18 Å². The minimum Gasteiger partial charge on any atom is -0.309 e. The van der Waals surface area contributed by atoms with Gasteiger partial charge in [0.15, 0.2) is 0 Å². The highest BCUT2D eigenvalue weighted by Gasteiger charge is 2.30. The number of thiophene rings is 1. The lowest BCUT2D eigenvalue weighted by Gasteiger charge is -2.18. The molecule has 20 heavy (non-hydrogen) atoms. The number of rotatable bonds is 4. The molecular formula is C15H16F3NS. The van der Waals surface area contributed by atoms with Crippen LogP contribution in [0.15, 0.2) is 35.7 Å². The molecule has 1 N–H and O–H groups in total. The highest BCUT2D eigenvalue weighted by molar-refractivity contribution is 7.10. The van der Waals surface area contributed by atoms with E-state index in [0.29, 0.717) is 0 Å². The molecule has 1 heterocycles. The Morgan fingerprint density at radius 1 is 1.15 bits per heavy atom. The van der Waals surface area contributed by atoms with Crippen molar-refractivity contribution in [3.63, 3.8) is 0 Å². The lowest BCUT2D eigenvalue weighted by atomic mass is 10.0. The summed E-state index contributed by atoms with van der Waals surface area (Å²) in [5.41, 5.74) is 1.46. The summed E-state index contributed by atoms with van der Waals surface area (Å²) < 4.78 is 37.7. The topological polar surface area (TPSA) is 12.0 Å². The molecule has 1 atom stereocenters. The lowest BCUT2D eigenvalue weighted by molar-refractivity contribution is -0.137. The average molecular weight is 299 g/mol. The number of halogens is 3. The largest absolute Gasteiger partial charge is 0.416 e. The predicted molar refractivity (Wildman–Crippen MR) is 76.0 cm³/mol. The van der Waals surface area contributed by atoms with Gasteiger partial charge in [-0.2, -0.15) is 13.2 Å². The van der Waals surface area contributed by atoms with Crippen LogP contribution in [0.5, 0.6) is 0 Å². The smallest absolute Gasteiger partial charge is 0.309 e. The summed E-state index contributed by atoms with van der Waals surface area (Å²) in [5.74, 6) is 0. The van der Waals surface area contributed by atoms with Crippen molar-refractivity contribution in [2.24, 2.45) is 0 Å². The lowest BCUT2D eigenvalue weighted by Crippen LogP contribution is -2.18. The van der Waals surface area contributed by atoms with Crippen LogP contribution < -0.4 is 5.32 Å². The molecule has 1 nitrogen and oxygen atoms in total. The fourth-order valence-corrected chi connectivity index (χ4v) is 3.34. The molecule has 0 saturated carbocycles. The van der Waals surface area contributed by atoms with E-state index in [1.807, 2.05) is 12.4 Å². The summed E-state index contributed by atoms with van der Waals surface area (Å²) in [6, 6.07) is 7.37. The van der Waals surface area contributed by atoms with Gasteiger partial charge < -0.3 is 5.32 Å². The molecule has 0 aliphatic rings. The zero-order chi connectivity index (χ0) is 14.8. The molecule has 0 amide bonds. The minimum absolute atomic E-state index is 0.0627. The van der Waals surface area contributed by atoms with Gasteiger partial charge in [-0.15, -0.1) is 11.3 Å². The number of aryl methyl sites for hydroxylation is 1. The van der Waals surface area contributed by atoms with E-state index in [0.717, 1.165) is 29.0 Å². The maximum absolute atomic E-state index is 12.6. The van der Waals surface area contributed by atoms with Crippen molar-refractivity contribution in [1.29, 1.82) is 0 Å². The zero-order valence-electron chi connectivity index (χ0n) is 11.3. The molecular weight excluding hydrogens is 283 g/mol. The van der Waals surface area contributed by atoms with Crippen molar-refractivity contribution in [2.75, 3.05) is 7.05 Å². The van der Waals surface area contributed by atoms with Crippen LogP contribution in [0.25, 0.3) is 0 Å². The maximum atomic E-state index is 12.6. The molecule has 0 saturated heterocycles. The summed E-state index contributed by atoms with van der Waals surface area (Å²) in [6.07, 6.45) is -3.37. The summed E-state index contributed by atoms with van der Waals surface area (Å²) >= 11 is 1.63. The van der Waals surface area contributed by atoms with Crippen LogP contribution >= 0.6 is 11.3 Å². The quantitative estimate of drug-likeness (QED) is 0.867. The van der Waals surface area contributed by atoms with E-state index in [9.17, 15) is 13.2 Å². The standard InChI is InChI=1S/C15H16F3NS/c1-3-10-8-9-20-14(10)13(19-2)11-4-6-12(7-5-11)15(16,17)18/h4-9,13,19H,3H2,1-2H3. The Bertz CT molecular complexity index is 557. The minimum atomic E-state index is -4.29. The van der Waals surface area contributed by atoms with Gasteiger partial charge in [0.1, 0.15) is 0 Å². The molecule has 0 fully saturated rings. The van der Waals surface area contributed by atoms with Crippen molar-refractivity contribution in [3.05, 3.63) is 57.3 Å². The van der Waals surface area contributed by atoms with Crippen LogP contribution in [0.4, 0.5) is 13.2 Å². The third-order valence-electron chi connectivity index (χ3n) is 3.28. The molecule has 2 aromatic rings. The van der Waals surface area contributed by atoms with E-state index < -0.39 is 11.7 Å². The van der Waals surface area contributed by atoms with E-state index in [4.69, 9.17) is 0 Å². The van der Waals surface area contributed by atoms with Crippen molar-refractivity contribution in [2.45, 2.75) is 25.6 Å². The molecule has 0 radical (unpaired) electrons. The van der Waals surface area contributed by atoms with Crippen LogP contribution in [0.1, 0.15) is 34.5 Å². The molecule has 0 aliphatic heterocycles. The second kappa shape index (κ2) is 5.97. The fourth-order valence-electron chi connectivity index (χ4n) is 2.21. The van der Waals surface area contributed by atoms with Crippen LogP contribution in [-0.4, -0.2) is 7.05 Å². The van der Waals surface area contributed by atoms with E-state index in [1.165, 1.54) is 5.56 Å². The second-order valence-electron chi connectivity index (χ2n) is 4.51. The monoisotopic (exact) mass is 299 g/mol. The Balaban J connectivity index is 2.33. The van der Waals surface area contributed by atoms with Crippen LogP contribution in [-0.2, 0) is 12.6 Å². The zero-order valence-corrected chi connectivity index (χ0v) is 12.1. The number of hydrogen-bond acceptors (Lipinski definition) is 2. The van der Waals surface area contributed by atoms with E-state index >= 15 is 0 Å². The molecule has 5 heteroatoms. The van der Waals surface area contributed by atoms with Crippen LogP contribution in [0.2, 0.25) is 0 Å². The van der Waals surface area contributed by atoms with Gasteiger partial charge in [0.2, 0.25) is 0 Å². The highest BCUT2D eigenvalue weighted by atomic mass is 32.1. The Hall–Kier alpha value is -1.33. The molecule has 2 rings (SSSR count). The number of hydrogen-bond donors (Lipinski definition) is 1. The Kier molecular flexibility index (Phi) is 4.50. The maximum Gasteiger partial charge on any atom is 0.416 e. The van der Waals surface area contributed by atoms with Gasteiger partial charge in [0.25, 0.3) is 0 Å². The predicted octanol–water partition coefficient (Wildman–Crippen LogP) is 4.64. The number of nitrogens with one attached hydrogen (secondary N) is 1. The first-order chi connectivity index (χ1) is 9.47. The molecule has 1 aromatic carbocycles. The molecule has 0 spiro atoms. The van der Waals surface area contributed by atoms with E-state index in [2.05, 4.69) is 18.3 Å². The molecule has 0 bridgehead atoms. The average Bonchev–Trinajstić information content (AvgIpc) is 2.87. The molecule has 0 aliphatic carbocycles. The van der Waals surface area contributed by atoms with Gasteiger partial charge in [0.05, 0.1) is 11.6 Å². The summed E-state index contributed by atoms with van der Waals surface area (Å²) in [7, 11) is 1.82. The van der Waals surface area contributed by atoms with Gasteiger partial charge in [-0.25, -0.2) is 0 Å².